The molecule has 0 bridgehead atoms. The van der Waals surface area contributed by atoms with Gasteiger partial charge in [-0.15, -0.1) is 11.8 Å². The van der Waals surface area contributed by atoms with Gasteiger partial charge in [-0.3, -0.25) is 4.79 Å². The maximum absolute atomic E-state index is 11.7. The summed E-state index contributed by atoms with van der Waals surface area (Å²) in [5, 5.41) is 2.51. The molecule has 1 aromatic carbocycles. The van der Waals surface area contributed by atoms with E-state index in [9.17, 15) is 14.4 Å². The SMILES string of the molecule is COC(=O)c1cc(C2NC(=O)CS2)ccc1OC(N)=O. The Bertz CT molecular complexity index is 575. The highest BCUT2D eigenvalue weighted by atomic mass is 32.2. The predicted octanol–water partition coefficient (Wildman–Crippen LogP) is 0.792. The van der Waals surface area contributed by atoms with Gasteiger partial charge in [0, 0.05) is 0 Å². The summed E-state index contributed by atoms with van der Waals surface area (Å²) < 4.78 is 9.38. The van der Waals surface area contributed by atoms with Crippen LogP contribution in [0.25, 0.3) is 0 Å². The highest BCUT2D eigenvalue weighted by molar-refractivity contribution is 8.00. The van der Waals surface area contributed by atoms with Gasteiger partial charge in [-0.1, -0.05) is 6.07 Å². The number of esters is 1. The van der Waals surface area contributed by atoms with Gasteiger partial charge in [0.1, 0.15) is 16.7 Å². The standard InChI is InChI=1S/C12H12N2O5S/c1-18-11(16)7-4-6(10-14-9(15)5-20-10)2-3-8(7)19-12(13)17/h2-4,10H,5H2,1H3,(H2,13,17)(H,14,15). The molecule has 1 unspecified atom stereocenters. The molecule has 3 N–H and O–H groups in total. The molecule has 106 valence electrons. The van der Waals surface area contributed by atoms with Gasteiger partial charge >= 0.3 is 12.1 Å². The van der Waals surface area contributed by atoms with Crippen LogP contribution in [0.3, 0.4) is 0 Å². The molecule has 1 heterocycles. The maximum Gasteiger partial charge on any atom is 0.409 e. The molecule has 1 aliphatic heterocycles. The molecular formula is C12H12N2O5S. The number of nitrogens with one attached hydrogen (secondary N) is 1. The number of primary amides is 1. The summed E-state index contributed by atoms with van der Waals surface area (Å²) in [6.07, 6.45) is -1.02. The number of ether oxygens (including phenoxy) is 2. The van der Waals surface area contributed by atoms with E-state index in [0.717, 1.165) is 0 Å². The molecule has 1 saturated heterocycles. The van der Waals surface area contributed by atoms with Gasteiger partial charge in [0.25, 0.3) is 0 Å². The third-order valence-corrected chi connectivity index (χ3v) is 3.75. The van der Waals surface area contributed by atoms with Crippen LogP contribution in [0.15, 0.2) is 18.2 Å². The van der Waals surface area contributed by atoms with Crippen molar-refractivity contribution in [2.45, 2.75) is 5.37 Å². The molecule has 1 aromatic rings. The van der Waals surface area contributed by atoms with Crippen LogP contribution in [0.4, 0.5) is 4.79 Å². The van der Waals surface area contributed by atoms with Crippen LogP contribution in [0.5, 0.6) is 5.75 Å². The lowest BCUT2D eigenvalue weighted by Gasteiger charge is -2.13. The van der Waals surface area contributed by atoms with Crippen molar-refractivity contribution in [1.29, 1.82) is 0 Å². The summed E-state index contributed by atoms with van der Waals surface area (Å²) in [5.74, 6) is -0.352. The first-order chi connectivity index (χ1) is 9.51. The molecule has 0 radical (unpaired) electrons. The zero-order valence-electron chi connectivity index (χ0n) is 10.5. The highest BCUT2D eigenvalue weighted by Gasteiger charge is 2.25. The normalized spacial score (nSPS) is 17.4. The lowest BCUT2D eigenvalue weighted by Crippen LogP contribution is -2.20. The predicted molar refractivity (Wildman–Crippen MR) is 71.3 cm³/mol. The Kier molecular flexibility index (Phi) is 4.14. The van der Waals surface area contributed by atoms with Crippen molar-refractivity contribution in [3.63, 3.8) is 0 Å². The van der Waals surface area contributed by atoms with E-state index in [1.54, 1.807) is 6.07 Å². The highest BCUT2D eigenvalue weighted by Crippen LogP contribution is 2.33. The fraction of sp³-hybridized carbons (Fsp3) is 0.250. The molecule has 7 nitrogen and oxygen atoms in total. The molecule has 20 heavy (non-hydrogen) atoms. The van der Waals surface area contributed by atoms with Gasteiger partial charge in [-0.05, 0) is 17.7 Å². The Labute approximate surface area is 118 Å². The molecule has 0 spiro atoms. The molecule has 2 rings (SSSR count). The summed E-state index contributed by atoms with van der Waals surface area (Å²) in [7, 11) is 1.22. The van der Waals surface area contributed by atoms with Crippen LogP contribution >= 0.6 is 11.8 Å². The van der Waals surface area contributed by atoms with E-state index in [1.165, 1.54) is 31.0 Å². The van der Waals surface area contributed by atoms with Crippen LogP contribution in [0.2, 0.25) is 0 Å². The second-order valence-corrected chi connectivity index (χ2v) is 5.02. The van der Waals surface area contributed by atoms with Crippen molar-refractivity contribution < 1.29 is 23.9 Å². The molecule has 8 heteroatoms. The number of thioether (sulfide) groups is 1. The van der Waals surface area contributed by atoms with Gasteiger partial charge in [-0.2, -0.15) is 0 Å². The molecule has 0 aliphatic carbocycles. The summed E-state index contributed by atoms with van der Waals surface area (Å²) in [6.45, 7) is 0. The fourth-order valence-electron chi connectivity index (χ4n) is 1.75. The minimum Gasteiger partial charge on any atom is -0.465 e. The first-order valence-corrected chi connectivity index (χ1v) is 6.66. The largest absolute Gasteiger partial charge is 0.465 e. The number of amides is 2. The maximum atomic E-state index is 11.7. The first kappa shape index (κ1) is 14.2. The lowest BCUT2D eigenvalue weighted by atomic mass is 10.1. The lowest BCUT2D eigenvalue weighted by molar-refractivity contribution is -0.118. The number of nitrogens with two attached hydrogens (primary N) is 1. The van der Waals surface area contributed by atoms with Crippen LogP contribution in [0, 0.1) is 0 Å². The van der Waals surface area contributed by atoms with Crippen molar-refractivity contribution in [2.75, 3.05) is 12.9 Å². The van der Waals surface area contributed by atoms with Gasteiger partial charge in [0.05, 0.1) is 12.9 Å². The average molecular weight is 296 g/mol. The Balaban J connectivity index is 2.35. The summed E-state index contributed by atoms with van der Waals surface area (Å²) in [4.78, 5) is 33.7. The third-order valence-electron chi connectivity index (χ3n) is 2.60. The van der Waals surface area contributed by atoms with Gasteiger partial charge in [0.2, 0.25) is 5.91 Å². The average Bonchev–Trinajstić information content (AvgIpc) is 2.84. The Morgan fingerprint density at radius 1 is 1.45 bits per heavy atom. The molecule has 1 atom stereocenters. The first-order valence-electron chi connectivity index (χ1n) is 5.61. The van der Waals surface area contributed by atoms with E-state index in [1.807, 2.05) is 0 Å². The number of methoxy groups -OCH3 is 1. The number of rotatable bonds is 3. The quantitative estimate of drug-likeness (QED) is 0.798. The smallest absolute Gasteiger partial charge is 0.409 e. The van der Waals surface area contributed by atoms with Crippen molar-refractivity contribution >= 4 is 29.7 Å². The number of benzene rings is 1. The summed E-state index contributed by atoms with van der Waals surface area (Å²) >= 11 is 1.41. The van der Waals surface area contributed by atoms with Crippen molar-refractivity contribution in [3.05, 3.63) is 29.3 Å². The third kappa shape index (κ3) is 3.02. The second kappa shape index (κ2) is 5.83. The number of hydrogen-bond acceptors (Lipinski definition) is 6. The zero-order chi connectivity index (χ0) is 14.7. The van der Waals surface area contributed by atoms with Crippen molar-refractivity contribution in [2.24, 2.45) is 5.73 Å². The topological polar surface area (TPSA) is 108 Å². The van der Waals surface area contributed by atoms with Gasteiger partial charge < -0.3 is 20.5 Å². The van der Waals surface area contributed by atoms with E-state index >= 15 is 0 Å². The molecule has 2 amide bonds. The molecule has 0 saturated carbocycles. The van der Waals surface area contributed by atoms with Crippen molar-refractivity contribution in [3.8, 4) is 5.75 Å². The van der Waals surface area contributed by atoms with E-state index in [-0.39, 0.29) is 22.6 Å². The Morgan fingerprint density at radius 3 is 2.75 bits per heavy atom. The summed E-state index contributed by atoms with van der Waals surface area (Å²) in [5.41, 5.74) is 5.72. The molecule has 1 aliphatic rings. The van der Waals surface area contributed by atoms with E-state index in [0.29, 0.717) is 11.3 Å². The molecular weight excluding hydrogens is 284 g/mol. The van der Waals surface area contributed by atoms with Crippen LogP contribution in [0.1, 0.15) is 21.3 Å². The molecule has 0 aromatic heterocycles. The van der Waals surface area contributed by atoms with E-state index in [4.69, 9.17) is 10.5 Å². The zero-order valence-corrected chi connectivity index (χ0v) is 11.4. The second-order valence-electron chi connectivity index (χ2n) is 3.93. The Hall–Kier alpha value is -2.22. The van der Waals surface area contributed by atoms with E-state index in [2.05, 4.69) is 10.1 Å². The minimum absolute atomic E-state index is 0.0161. The van der Waals surface area contributed by atoms with E-state index < -0.39 is 12.1 Å². The number of carbonyl (C=O) groups excluding carboxylic acids is 3. The van der Waals surface area contributed by atoms with Crippen LogP contribution in [-0.2, 0) is 9.53 Å². The molecule has 1 fully saturated rings. The van der Waals surface area contributed by atoms with Crippen LogP contribution in [-0.4, -0.2) is 30.8 Å². The number of carbonyl (C=O) groups is 3. The fourth-order valence-corrected chi connectivity index (χ4v) is 2.70. The van der Waals surface area contributed by atoms with Gasteiger partial charge in [-0.25, -0.2) is 9.59 Å². The number of hydrogen-bond donors (Lipinski definition) is 2. The minimum atomic E-state index is -1.02. The van der Waals surface area contributed by atoms with Crippen LogP contribution < -0.4 is 15.8 Å². The Morgan fingerprint density at radius 2 is 2.20 bits per heavy atom. The monoisotopic (exact) mass is 296 g/mol. The summed E-state index contributed by atoms with van der Waals surface area (Å²) in [6, 6.07) is 4.60. The van der Waals surface area contributed by atoms with Gasteiger partial charge in [0.15, 0.2) is 0 Å². The van der Waals surface area contributed by atoms with Crippen molar-refractivity contribution in [1.82, 2.24) is 5.32 Å².